The fourth-order valence-corrected chi connectivity index (χ4v) is 5.20. The predicted octanol–water partition coefficient (Wildman–Crippen LogP) is 2.73. The molecule has 1 saturated carbocycles. The number of halogens is 4. The Labute approximate surface area is 179 Å². The lowest BCUT2D eigenvalue weighted by Crippen LogP contribution is -2.47. The number of hydrogen-bond acceptors (Lipinski definition) is 3. The zero-order valence-corrected chi connectivity index (χ0v) is 19.2. The molecule has 2 rings (SSSR count). The molecule has 0 radical (unpaired) electrons. The molecule has 4 atom stereocenters. The molecule has 0 amide bonds. The van der Waals surface area contributed by atoms with Gasteiger partial charge in [0.2, 0.25) is 0 Å². The zero-order valence-electron chi connectivity index (χ0n) is 16.1. The highest BCUT2D eigenvalue weighted by Gasteiger charge is 2.34. The molecule has 160 valence electrons. The lowest BCUT2D eigenvalue weighted by atomic mass is 9.95. The first kappa shape index (κ1) is 24.9. The Morgan fingerprint density at radius 3 is 2.67 bits per heavy atom. The molecule has 1 aliphatic carbocycles. The summed E-state index contributed by atoms with van der Waals surface area (Å²) in [5.41, 5.74) is 0. The van der Waals surface area contributed by atoms with Crippen molar-refractivity contribution in [3.63, 3.8) is 0 Å². The molecule has 4 unspecified atom stereocenters. The minimum Gasteiger partial charge on any atom is -0.356 e. The minimum atomic E-state index is -4.13. The van der Waals surface area contributed by atoms with Gasteiger partial charge in [0.1, 0.15) is 0 Å². The van der Waals surface area contributed by atoms with Gasteiger partial charge in [-0.25, -0.2) is 0 Å². The van der Waals surface area contributed by atoms with Crippen LogP contribution in [0, 0.1) is 5.92 Å². The molecular formula is C17H32F3IN4OS. The summed E-state index contributed by atoms with van der Waals surface area (Å²) in [4.78, 5) is 5.70. The van der Waals surface area contributed by atoms with Gasteiger partial charge in [0, 0.05) is 48.0 Å². The number of hydrogen-bond donors (Lipinski definition) is 2. The number of nitrogens with one attached hydrogen (secondary N) is 2. The Kier molecular flexibility index (Phi) is 10.9. The average molecular weight is 524 g/mol. The molecule has 27 heavy (non-hydrogen) atoms. The van der Waals surface area contributed by atoms with Crippen LogP contribution in [0.15, 0.2) is 4.99 Å². The Morgan fingerprint density at radius 1 is 1.30 bits per heavy atom. The van der Waals surface area contributed by atoms with Crippen molar-refractivity contribution < 1.29 is 17.4 Å². The van der Waals surface area contributed by atoms with Gasteiger partial charge in [0.25, 0.3) is 0 Å². The third-order valence-corrected chi connectivity index (χ3v) is 6.92. The van der Waals surface area contributed by atoms with Crippen molar-refractivity contribution in [1.29, 1.82) is 0 Å². The second kappa shape index (κ2) is 11.8. The van der Waals surface area contributed by atoms with E-state index in [0.29, 0.717) is 31.3 Å². The predicted molar refractivity (Wildman–Crippen MR) is 115 cm³/mol. The molecule has 10 heteroatoms. The molecule has 1 aliphatic heterocycles. The third-order valence-electron chi connectivity index (χ3n) is 5.18. The van der Waals surface area contributed by atoms with Gasteiger partial charge in [-0.2, -0.15) is 13.2 Å². The molecular weight excluding hydrogens is 492 g/mol. The Hall–Kier alpha value is -0.100. The number of guanidine groups is 1. The van der Waals surface area contributed by atoms with Gasteiger partial charge in [-0.3, -0.25) is 14.1 Å². The van der Waals surface area contributed by atoms with Crippen LogP contribution in [0.5, 0.6) is 0 Å². The molecule has 0 bridgehead atoms. The number of nitrogens with zero attached hydrogens (tertiary/aromatic N) is 2. The van der Waals surface area contributed by atoms with Crippen LogP contribution in [0.1, 0.15) is 39.0 Å². The van der Waals surface area contributed by atoms with Crippen molar-refractivity contribution >= 4 is 40.7 Å². The van der Waals surface area contributed by atoms with Crippen LogP contribution in [0.2, 0.25) is 0 Å². The maximum atomic E-state index is 12.5. The summed E-state index contributed by atoms with van der Waals surface area (Å²) in [6.45, 7) is 2.70. The van der Waals surface area contributed by atoms with Crippen molar-refractivity contribution in [1.82, 2.24) is 15.5 Å². The lowest BCUT2D eigenvalue weighted by molar-refractivity contribution is -0.143. The maximum absolute atomic E-state index is 12.5. The van der Waals surface area contributed by atoms with Crippen LogP contribution in [0.3, 0.4) is 0 Å². The molecule has 0 aromatic rings. The minimum absolute atomic E-state index is 0. The Balaban J connectivity index is 0.00000364. The Morgan fingerprint density at radius 2 is 2.04 bits per heavy atom. The van der Waals surface area contributed by atoms with Crippen molar-refractivity contribution in [2.24, 2.45) is 10.9 Å². The van der Waals surface area contributed by atoms with E-state index in [1.165, 1.54) is 4.90 Å². The molecule has 2 aliphatic rings. The van der Waals surface area contributed by atoms with Gasteiger partial charge >= 0.3 is 6.18 Å². The first-order chi connectivity index (χ1) is 12.3. The van der Waals surface area contributed by atoms with E-state index in [9.17, 15) is 17.4 Å². The van der Waals surface area contributed by atoms with Crippen LogP contribution in [0.4, 0.5) is 13.2 Å². The van der Waals surface area contributed by atoms with Crippen molar-refractivity contribution in [2.75, 3.05) is 39.0 Å². The highest BCUT2D eigenvalue weighted by atomic mass is 127. The van der Waals surface area contributed by atoms with E-state index < -0.39 is 23.5 Å². The summed E-state index contributed by atoms with van der Waals surface area (Å²) < 4.78 is 49.5. The molecule has 0 aromatic heterocycles. The smallest absolute Gasteiger partial charge is 0.356 e. The maximum Gasteiger partial charge on any atom is 0.401 e. The fourth-order valence-electron chi connectivity index (χ4n) is 3.86. The average Bonchev–Trinajstić information content (AvgIpc) is 3.03. The summed E-state index contributed by atoms with van der Waals surface area (Å²) >= 11 is 0. The second-order valence-corrected chi connectivity index (χ2v) is 9.26. The molecule has 1 heterocycles. The van der Waals surface area contributed by atoms with E-state index in [2.05, 4.69) is 15.6 Å². The fraction of sp³-hybridized carbons (Fsp3) is 0.941. The largest absolute Gasteiger partial charge is 0.401 e. The number of likely N-dealkylation sites (tertiary alicyclic amines) is 1. The molecule has 0 aromatic carbocycles. The summed E-state index contributed by atoms with van der Waals surface area (Å²) in [7, 11) is 0.932. The molecule has 2 N–H and O–H groups in total. The van der Waals surface area contributed by atoms with Crippen LogP contribution in [0.25, 0.3) is 0 Å². The summed E-state index contributed by atoms with van der Waals surface area (Å²) in [6, 6.07) is 0.251. The van der Waals surface area contributed by atoms with Gasteiger partial charge < -0.3 is 10.6 Å². The van der Waals surface area contributed by atoms with E-state index in [1.54, 1.807) is 7.05 Å². The van der Waals surface area contributed by atoms with Gasteiger partial charge in [-0.1, -0.05) is 13.3 Å². The lowest BCUT2D eigenvalue weighted by Gasteiger charge is -2.30. The summed E-state index contributed by atoms with van der Waals surface area (Å²) in [5, 5.41) is 6.90. The normalized spacial score (nSPS) is 28.5. The molecule has 1 saturated heterocycles. The topological polar surface area (TPSA) is 56.7 Å². The molecule has 5 nitrogen and oxygen atoms in total. The quantitative estimate of drug-likeness (QED) is 0.319. The van der Waals surface area contributed by atoms with Gasteiger partial charge in [0.05, 0.1) is 6.54 Å². The van der Waals surface area contributed by atoms with Crippen LogP contribution in [-0.2, 0) is 10.8 Å². The van der Waals surface area contributed by atoms with Crippen LogP contribution < -0.4 is 10.6 Å². The Bertz CT molecular complexity index is 507. The van der Waals surface area contributed by atoms with E-state index >= 15 is 0 Å². The first-order valence-electron chi connectivity index (χ1n) is 9.44. The van der Waals surface area contributed by atoms with E-state index in [-0.39, 0.29) is 41.2 Å². The van der Waals surface area contributed by atoms with Crippen molar-refractivity contribution in [2.45, 2.75) is 56.5 Å². The van der Waals surface area contributed by atoms with Gasteiger partial charge in [-0.15, -0.1) is 24.0 Å². The number of aliphatic imine (C=N–C) groups is 1. The SMILES string of the molecule is CCS(=O)C1CCCC(NC(=NC)NCC2CCN(CC(F)(F)F)C2)C1.I. The van der Waals surface area contributed by atoms with Gasteiger partial charge in [0.15, 0.2) is 5.96 Å². The third kappa shape index (κ3) is 8.84. The second-order valence-electron chi connectivity index (χ2n) is 7.26. The molecule has 0 spiro atoms. The van der Waals surface area contributed by atoms with Crippen LogP contribution in [-0.4, -0.2) is 71.5 Å². The van der Waals surface area contributed by atoms with Gasteiger partial charge in [-0.05, 0) is 38.1 Å². The first-order valence-corrected chi connectivity index (χ1v) is 10.8. The van der Waals surface area contributed by atoms with Crippen molar-refractivity contribution in [3.8, 4) is 0 Å². The van der Waals surface area contributed by atoms with Crippen molar-refractivity contribution in [3.05, 3.63) is 0 Å². The monoisotopic (exact) mass is 524 g/mol. The number of rotatable bonds is 6. The molecule has 2 fully saturated rings. The van der Waals surface area contributed by atoms with Crippen LogP contribution >= 0.6 is 24.0 Å². The van der Waals surface area contributed by atoms with E-state index in [1.807, 2.05) is 6.92 Å². The zero-order chi connectivity index (χ0) is 19.2. The highest BCUT2D eigenvalue weighted by molar-refractivity contribution is 14.0. The van der Waals surface area contributed by atoms with E-state index in [4.69, 9.17) is 0 Å². The van der Waals surface area contributed by atoms with E-state index in [0.717, 1.165) is 32.1 Å². The standard InChI is InChI=1S/C17H31F3N4OS.HI/c1-3-26(25)15-6-4-5-14(9-15)23-16(21-2)22-10-13-7-8-24(11-13)12-17(18,19)20;/h13-15H,3-12H2,1-2H3,(H2,21,22,23);1H. The summed E-state index contributed by atoms with van der Waals surface area (Å²) in [6.07, 6.45) is 0.615. The highest BCUT2D eigenvalue weighted by Crippen LogP contribution is 2.24. The summed E-state index contributed by atoms with van der Waals surface area (Å²) in [5.74, 6) is 1.58. The number of alkyl halides is 3.